The van der Waals surface area contributed by atoms with Crippen molar-refractivity contribution in [2.75, 3.05) is 26.4 Å². The van der Waals surface area contributed by atoms with E-state index in [1.54, 1.807) is 6.08 Å². The number of primary amides is 1. The van der Waals surface area contributed by atoms with Crippen LogP contribution in [0.25, 0.3) is 0 Å². The second-order valence-corrected chi connectivity index (χ2v) is 6.19. The van der Waals surface area contributed by atoms with Gasteiger partial charge in [0.15, 0.2) is 0 Å². The minimum Gasteiger partial charge on any atom is -0.748 e. The molecule has 7 heteroatoms. The van der Waals surface area contributed by atoms with Gasteiger partial charge in [-0.1, -0.05) is 0 Å². The van der Waals surface area contributed by atoms with Crippen LogP contribution in [0.2, 0.25) is 0 Å². The Hall–Kier alpha value is -0.920. The second-order valence-electron chi connectivity index (χ2n) is 4.67. The Morgan fingerprint density at radius 3 is 2.41 bits per heavy atom. The van der Waals surface area contributed by atoms with Crippen molar-refractivity contribution < 1.29 is 22.2 Å². The van der Waals surface area contributed by atoms with E-state index in [1.807, 2.05) is 21.0 Å². The maximum atomic E-state index is 10.5. The number of carbonyl (C=O) groups excluding carboxylic acids is 1. The van der Waals surface area contributed by atoms with Gasteiger partial charge < -0.3 is 14.8 Å². The molecule has 0 aliphatic carbocycles. The first-order valence-corrected chi connectivity index (χ1v) is 6.84. The highest BCUT2D eigenvalue weighted by Crippen LogP contribution is 2.11. The zero-order valence-corrected chi connectivity index (χ0v) is 11.2. The van der Waals surface area contributed by atoms with Gasteiger partial charge in [-0.2, -0.15) is 0 Å². The summed E-state index contributed by atoms with van der Waals surface area (Å²) in [6.07, 6.45) is 3.21. The topological polar surface area (TPSA) is 100 Å². The minimum absolute atomic E-state index is 0.00347. The van der Waals surface area contributed by atoms with E-state index in [0.29, 0.717) is 17.4 Å². The van der Waals surface area contributed by atoms with Crippen molar-refractivity contribution in [2.45, 2.75) is 19.4 Å². The fourth-order valence-electron chi connectivity index (χ4n) is 1.28. The number of hydrogen-bond acceptors (Lipinski definition) is 4. The molecule has 0 aliphatic rings. The molecular formula is C10H20N2O4S. The van der Waals surface area contributed by atoms with Gasteiger partial charge in [0.05, 0.1) is 36.8 Å². The van der Waals surface area contributed by atoms with Gasteiger partial charge >= 0.3 is 0 Å². The largest absolute Gasteiger partial charge is 0.748 e. The van der Waals surface area contributed by atoms with Crippen molar-refractivity contribution in [1.82, 2.24) is 0 Å². The first-order valence-electron chi connectivity index (χ1n) is 5.27. The predicted octanol–water partition coefficient (Wildman–Crippen LogP) is -0.572. The molecule has 1 unspecified atom stereocenters. The van der Waals surface area contributed by atoms with Crippen LogP contribution < -0.4 is 5.73 Å². The molecule has 100 valence electrons. The number of nitrogens with zero attached hydrogens (tertiary/aromatic N) is 1. The van der Waals surface area contributed by atoms with Gasteiger partial charge in [0.2, 0.25) is 5.91 Å². The average Bonchev–Trinajstić information content (AvgIpc) is 2.11. The zero-order chi connectivity index (χ0) is 13.7. The first kappa shape index (κ1) is 16.1. The Kier molecular flexibility index (Phi) is 5.80. The van der Waals surface area contributed by atoms with Crippen LogP contribution in [0, 0.1) is 0 Å². The monoisotopic (exact) mass is 264 g/mol. The van der Waals surface area contributed by atoms with E-state index < -0.39 is 16.0 Å². The van der Waals surface area contributed by atoms with Gasteiger partial charge in [0, 0.05) is 18.2 Å². The number of nitrogens with two attached hydrogens (primary N) is 1. The van der Waals surface area contributed by atoms with Crippen LogP contribution in [0.3, 0.4) is 0 Å². The molecule has 6 nitrogen and oxygen atoms in total. The molecule has 1 atom stereocenters. The first-order chi connectivity index (χ1) is 7.54. The molecule has 0 radical (unpaired) electrons. The van der Waals surface area contributed by atoms with Crippen LogP contribution in [0.15, 0.2) is 12.2 Å². The molecule has 0 spiro atoms. The van der Waals surface area contributed by atoms with Crippen molar-refractivity contribution in [3.63, 3.8) is 0 Å². The number of hydrogen-bond donors (Lipinski definition) is 1. The molecule has 0 fully saturated rings. The standard InChI is InChI=1S/C10H20N2O4S/c1-9(6-8-17(14,15)16)12(2,3)7-4-5-10(11)13/h4-5,9H,6-8H2,1-3H3,(H2-,11,13,14,15,16). The summed E-state index contributed by atoms with van der Waals surface area (Å²) in [5.74, 6) is -0.880. The van der Waals surface area contributed by atoms with E-state index in [0.717, 1.165) is 0 Å². The van der Waals surface area contributed by atoms with E-state index in [2.05, 4.69) is 0 Å². The third-order valence-corrected chi connectivity index (χ3v) is 3.57. The lowest BCUT2D eigenvalue weighted by molar-refractivity contribution is -0.907. The van der Waals surface area contributed by atoms with Gasteiger partial charge in [-0.05, 0) is 13.0 Å². The molecule has 0 aromatic carbocycles. The molecule has 17 heavy (non-hydrogen) atoms. The third-order valence-electron chi connectivity index (χ3n) is 2.84. The predicted molar refractivity (Wildman–Crippen MR) is 64.0 cm³/mol. The van der Waals surface area contributed by atoms with Crippen LogP contribution in [0.5, 0.6) is 0 Å². The molecule has 0 bridgehead atoms. The zero-order valence-electron chi connectivity index (χ0n) is 10.4. The van der Waals surface area contributed by atoms with Gasteiger partial charge in [-0.25, -0.2) is 8.42 Å². The number of carbonyl (C=O) groups is 1. The summed E-state index contributed by atoms with van der Waals surface area (Å²) in [7, 11) is -0.373. The van der Waals surface area contributed by atoms with Gasteiger partial charge in [-0.15, -0.1) is 0 Å². The number of quaternary nitrogens is 1. The maximum absolute atomic E-state index is 10.5. The smallest absolute Gasteiger partial charge is 0.241 e. The molecular weight excluding hydrogens is 244 g/mol. The molecule has 2 N–H and O–H groups in total. The minimum atomic E-state index is -4.17. The SMILES string of the molecule is CC(CCS(=O)(=O)[O-])[N+](C)(C)CC=CC(N)=O. The quantitative estimate of drug-likeness (QED) is 0.378. The average molecular weight is 264 g/mol. The van der Waals surface area contributed by atoms with E-state index in [4.69, 9.17) is 5.73 Å². The second kappa shape index (κ2) is 6.13. The van der Waals surface area contributed by atoms with Crippen molar-refractivity contribution in [3.05, 3.63) is 12.2 Å². The summed E-state index contributed by atoms with van der Waals surface area (Å²) in [6, 6.07) is -0.00347. The molecule has 0 saturated heterocycles. The van der Waals surface area contributed by atoms with Crippen LogP contribution in [-0.2, 0) is 14.9 Å². The van der Waals surface area contributed by atoms with E-state index >= 15 is 0 Å². The Balaban J connectivity index is 4.34. The lowest BCUT2D eigenvalue weighted by Gasteiger charge is -2.35. The van der Waals surface area contributed by atoms with Gasteiger partial charge in [-0.3, -0.25) is 4.79 Å². The van der Waals surface area contributed by atoms with Crippen molar-refractivity contribution >= 4 is 16.0 Å². The lowest BCUT2D eigenvalue weighted by Crippen LogP contribution is -2.48. The number of amides is 1. The maximum Gasteiger partial charge on any atom is 0.241 e. The fraction of sp³-hybridized carbons (Fsp3) is 0.700. The van der Waals surface area contributed by atoms with Crippen molar-refractivity contribution in [2.24, 2.45) is 5.73 Å². The van der Waals surface area contributed by atoms with E-state index in [1.165, 1.54) is 6.08 Å². The number of likely N-dealkylation sites (N-methyl/N-ethyl adjacent to an activating group) is 1. The molecule has 0 aromatic rings. The molecule has 0 heterocycles. The molecule has 0 rings (SSSR count). The van der Waals surface area contributed by atoms with Gasteiger partial charge in [0.25, 0.3) is 0 Å². The van der Waals surface area contributed by atoms with Crippen molar-refractivity contribution in [3.8, 4) is 0 Å². The van der Waals surface area contributed by atoms with E-state index in [-0.39, 0.29) is 11.8 Å². The molecule has 0 saturated carbocycles. The highest BCUT2D eigenvalue weighted by molar-refractivity contribution is 7.85. The van der Waals surface area contributed by atoms with Gasteiger partial charge in [0.1, 0.15) is 0 Å². The normalized spacial score (nSPS) is 15.1. The molecule has 0 aromatic heterocycles. The highest BCUT2D eigenvalue weighted by atomic mass is 32.2. The number of rotatable bonds is 7. The Labute approximate surface area is 102 Å². The fourth-order valence-corrected chi connectivity index (χ4v) is 1.91. The molecule has 1 amide bonds. The summed E-state index contributed by atoms with van der Waals surface area (Å²) in [4.78, 5) is 10.5. The van der Waals surface area contributed by atoms with Crippen LogP contribution in [0.1, 0.15) is 13.3 Å². The Morgan fingerprint density at radius 1 is 1.47 bits per heavy atom. The summed E-state index contributed by atoms with van der Waals surface area (Å²) >= 11 is 0. The van der Waals surface area contributed by atoms with E-state index in [9.17, 15) is 17.8 Å². The Morgan fingerprint density at radius 2 is 2.00 bits per heavy atom. The Bertz CT molecular complexity index is 387. The van der Waals surface area contributed by atoms with Crippen LogP contribution >= 0.6 is 0 Å². The summed E-state index contributed by atoms with van der Waals surface area (Å²) in [6.45, 7) is 2.41. The molecule has 0 aliphatic heterocycles. The summed E-state index contributed by atoms with van der Waals surface area (Å²) < 4.78 is 32.1. The van der Waals surface area contributed by atoms with Crippen LogP contribution in [-0.4, -0.2) is 55.8 Å². The van der Waals surface area contributed by atoms with Crippen molar-refractivity contribution in [1.29, 1.82) is 0 Å². The lowest BCUT2D eigenvalue weighted by atomic mass is 10.2. The summed E-state index contributed by atoms with van der Waals surface area (Å²) in [5.41, 5.74) is 4.96. The van der Waals surface area contributed by atoms with Crippen LogP contribution in [0.4, 0.5) is 0 Å². The highest BCUT2D eigenvalue weighted by Gasteiger charge is 2.22. The third kappa shape index (κ3) is 7.89. The summed E-state index contributed by atoms with van der Waals surface area (Å²) in [5, 5.41) is 0.